The Balaban J connectivity index is 2.13. The average molecular weight is 202 g/mol. The molecule has 13 heavy (non-hydrogen) atoms. The number of aryl methyl sites for hydroxylation is 1. The number of H-pyrrole nitrogens is 1. The monoisotopic (exact) mass is 202 g/mol. The molecular formula is C6H10N4O2S. The Morgan fingerprint density at radius 2 is 2.23 bits per heavy atom. The molecule has 1 heterocycles. The van der Waals surface area contributed by atoms with Crippen LogP contribution in [0.1, 0.15) is 18.7 Å². The normalized spacial score (nSPS) is 17.3. The molecule has 1 aromatic heterocycles. The van der Waals surface area contributed by atoms with E-state index in [1.165, 1.54) is 0 Å². The van der Waals surface area contributed by atoms with E-state index in [9.17, 15) is 8.42 Å². The van der Waals surface area contributed by atoms with Gasteiger partial charge in [-0.05, 0) is 19.8 Å². The second-order valence-electron chi connectivity index (χ2n) is 3.09. The smallest absolute Gasteiger partial charge is 0.255 e. The number of hydrogen-bond donors (Lipinski definition) is 2. The molecule has 0 radical (unpaired) electrons. The zero-order valence-corrected chi connectivity index (χ0v) is 7.93. The predicted molar refractivity (Wildman–Crippen MR) is 46.7 cm³/mol. The van der Waals surface area contributed by atoms with Crippen LogP contribution in [0.25, 0.3) is 0 Å². The number of aromatic nitrogens is 3. The zero-order chi connectivity index (χ0) is 9.47. The molecule has 2 rings (SSSR count). The molecule has 0 bridgehead atoms. The molecule has 0 atom stereocenters. The lowest BCUT2D eigenvalue weighted by Gasteiger charge is -2.00. The van der Waals surface area contributed by atoms with Gasteiger partial charge in [0.15, 0.2) is 0 Å². The first-order valence-corrected chi connectivity index (χ1v) is 5.53. The van der Waals surface area contributed by atoms with Gasteiger partial charge in [-0.25, -0.2) is 13.1 Å². The van der Waals surface area contributed by atoms with Crippen molar-refractivity contribution in [2.45, 2.75) is 25.0 Å². The largest absolute Gasteiger partial charge is 0.261 e. The van der Waals surface area contributed by atoms with Crippen molar-refractivity contribution in [1.29, 1.82) is 0 Å². The van der Waals surface area contributed by atoms with Crippen molar-refractivity contribution in [2.24, 2.45) is 0 Å². The maximum absolute atomic E-state index is 11.4. The van der Waals surface area contributed by atoms with Crippen LogP contribution in [0, 0.1) is 6.92 Å². The molecule has 0 saturated heterocycles. The Kier molecular flexibility index (Phi) is 1.76. The van der Waals surface area contributed by atoms with Gasteiger partial charge in [-0.3, -0.25) is 5.10 Å². The number of rotatable bonds is 3. The van der Waals surface area contributed by atoms with Crippen molar-refractivity contribution >= 4 is 16.0 Å². The quantitative estimate of drug-likeness (QED) is 0.723. The van der Waals surface area contributed by atoms with Gasteiger partial charge >= 0.3 is 0 Å². The zero-order valence-electron chi connectivity index (χ0n) is 7.11. The average Bonchev–Trinajstić information content (AvgIpc) is 2.78. The van der Waals surface area contributed by atoms with Gasteiger partial charge in [-0.2, -0.15) is 4.98 Å². The van der Waals surface area contributed by atoms with Crippen molar-refractivity contribution in [3.63, 3.8) is 0 Å². The van der Waals surface area contributed by atoms with Crippen molar-refractivity contribution in [3.05, 3.63) is 5.82 Å². The molecule has 1 fully saturated rings. The fourth-order valence-electron chi connectivity index (χ4n) is 0.977. The van der Waals surface area contributed by atoms with Crippen LogP contribution in [0.3, 0.4) is 0 Å². The Bertz CT molecular complexity index is 406. The molecule has 7 heteroatoms. The summed E-state index contributed by atoms with van der Waals surface area (Å²) in [6, 6.07) is 0. The highest BCUT2D eigenvalue weighted by atomic mass is 32.2. The molecule has 2 N–H and O–H groups in total. The van der Waals surface area contributed by atoms with Crippen LogP contribution in [0.4, 0.5) is 5.95 Å². The molecule has 72 valence electrons. The summed E-state index contributed by atoms with van der Waals surface area (Å²) in [5.74, 6) is 0.720. The summed E-state index contributed by atoms with van der Waals surface area (Å²) < 4.78 is 25.1. The molecule has 1 aliphatic rings. The third kappa shape index (κ3) is 1.80. The Hall–Kier alpha value is -1.11. The SMILES string of the molecule is Cc1nc(NS(=O)(=O)C2CC2)n[nH]1. The maximum Gasteiger partial charge on any atom is 0.255 e. The lowest BCUT2D eigenvalue weighted by molar-refractivity contribution is 0.599. The highest BCUT2D eigenvalue weighted by molar-refractivity contribution is 7.93. The third-order valence-corrected chi connectivity index (χ3v) is 3.61. The van der Waals surface area contributed by atoms with Gasteiger partial charge in [0.25, 0.3) is 5.95 Å². The minimum absolute atomic E-state index is 0.129. The highest BCUT2D eigenvalue weighted by Crippen LogP contribution is 2.28. The van der Waals surface area contributed by atoms with Crippen molar-refractivity contribution in [2.75, 3.05) is 4.72 Å². The molecule has 6 nitrogen and oxygen atoms in total. The van der Waals surface area contributed by atoms with Crippen molar-refractivity contribution < 1.29 is 8.42 Å². The molecule has 1 aromatic rings. The van der Waals surface area contributed by atoms with Gasteiger partial charge in [0, 0.05) is 0 Å². The van der Waals surface area contributed by atoms with Crippen molar-refractivity contribution in [3.8, 4) is 0 Å². The van der Waals surface area contributed by atoms with Crippen molar-refractivity contribution in [1.82, 2.24) is 15.2 Å². The molecule has 0 spiro atoms. The summed E-state index contributed by atoms with van der Waals surface area (Å²) in [5.41, 5.74) is 0. The van der Waals surface area contributed by atoms with E-state index in [-0.39, 0.29) is 11.2 Å². The van der Waals surface area contributed by atoms with Gasteiger partial charge in [0.1, 0.15) is 5.82 Å². The topological polar surface area (TPSA) is 87.7 Å². The van der Waals surface area contributed by atoms with Crippen LogP contribution in [0.2, 0.25) is 0 Å². The first-order chi connectivity index (χ1) is 6.08. The van der Waals surface area contributed by atoms with E-state index < -0.39 is 10.0 Å². The second kappa shape index (κ2) is 2.69. The number of nitrogens with zero attached hydrogens (tertiary/aromatic N) is 2. The molecule has 1 saturated carbocycles. The first kappa shape index (κ1) is 8.49. The number of sulfonamides is 1. The minimum atomic E-state index is -3.22. The number of anilines is 1. The Morgan fingerprint density at radius 1 is 1.54 bits per heavy atom. The molecular weight excluding hydrogens is 192 g/mol. The first-order valence-electron chi connectivity index (χ1n) is 3.98. The number of aromatic amines is 1. The summed E-state index contributed by atoms with van der Waals surface area (Å²) in [4.78, 5) is 3.85. The summed E-state index contributed by atoms with van der Waals surface area (Å²) >= 11 is 0. The molecule has 1 aliphatic carbocycles. The Labute approximate surface area is 75.8 Å². The van der Waals surface area contributed by atoms with E-state index in [0.29, 0.717) is 5.82 Å². The molecule has 0 unspecified atom stereocenters. The molecule has 0 aromatic carbocycles. The second-order valence-corrected chi connectivity index (χ2v) is 5.05. The lowest BCUT2D eigenvalue weighted by atomic mass is 10.8. The summed E-state index contributed by atoms with van der Waals surface area (Å²) in [5, 5.41) is 6.00. The van der Waals surface area contributed by atoms with Crippen LogP contribution < -0.4 is 4.72 Å². The summed E-state index contributed by atoms with van der Waals surface area (Å²) in [7, 11) is -3.22. The van der Waals surface area contributed by atoms with Gasteiger partial charge in [0.2, 0.25) is 10.0 Å². The van der Waals surface area contributed by atoms with Crippen LogP contribution in [-0.4, -0.2) is 28.8 Å². The summed E-state index contributed by atoms with van der Waals surface area (Å²) in [6.45, 7) is 1.71. The van der Waals surface area contributed by atoms with E-state index in [0.717, 1.165) is 12.8 Å². The fourth-order valence-corrected chi connectivity index (χ4v) is 2.25. The predicted octanol–water partition coefficient (Wildman–Crippen LogP) is 0.0172. The number of nitrogens with one attached hydrogen (secondary N) is 2. The maximum atomic E-state index is 11.4. The Morgan fingerprint density at radius 3 is 2.69 bits per heavy atom. The van der Waals surface area contributed by atoms with Gasteiger partial charge in [-0.15, -0.1) is 5.10 Å². The van der Waals surface area contributed by atoms with Crippen LogP contribution in [0.5, 0.6) is 0 Å². The number of hydrogen-bond acceptors (Lipinski definition) is 4. The summed E-state index contributed by atoms with van der Waals surface area (Å²) in [6.07, 6.45) is 1.47. The highest BCUT2D eigenvalue weighted by Gasteiger charge is 2.36. The van der Waals surface area contributed by atoms with E-state index in [1.54, 1.807) is 6.92 Å². The standard InChI is InChI=1S/C6H10N4O2S/c1-4-7-6(9-8-4)10-13(11,12)5-2-3-5/h5H,2-3H2,1H3,(H2,7,8,9,10). The van der Waals surface area contributed by atoms with E-state index in [2.05, 4.69) is 19.9 Å². The lowest BCUT2D eigenvalue weighted by Crippen LogP contribution is -2.18. The van der Waals surface area contributed by atoms with E-state index in [4.69, 9.17) is 0 Å². The molecule has 0 amide bonds. The fraction of sp³-hybridized carbons (Fsp3) is 0.667. The van der Waals surface area contributed by atoms with Gasteiger partial charge in [-0.1, -0.05) is 0 Å². The minimum Gasteiger partial charge on any atom is -0.261 e. The van der Waals surface area contributed by atoms with Gasteiger partial charge < -0.3 is 0 Å². The van der Waals surface area contributed by atoms with E-state index >= 15 is 0 Å². The van der Waals surface area contributed by atoms with Gasteiger partial charge in [0.05, 0.1) is 5.25 Å². The van der Waals surface area contributed by atoms with Crippen LogP contribution >= 0.6 is 0 Å². The third-order valence-electron chi connectivity index (χ3n) is 1.79. The molecule has 0 aliphatic heterocycles. The van der Waals surface area contributed by atoms with E-state index in [1.807, 2.05) is 0 Å². The van der Waals surface area contributed by atoms with Crippen LogP contribution in [-0.2, 0) is 10.0 Å². The van der Waals surface area contributed by atoms with Crippen LogP contribution in [0.15, 0.2) is 0 Å².